The average molecular weight is 491 g/mol. The van der Waals surface area contributed by atoms with Crippen molar-refractivity contribution < 1.29 is 34.4 Å². The summed E-state index contributed by atoms with van der Waals surface area (Å²) in [5.74, 6) is -0.676. The Bertz CT molecular complexity index is 1350. The Labute approximate surface area is 181 Å². The summed E-state index contributed by atoms with van der Waals surface area (Å²) in [4.78, 5) is -0.496. The van der Waals surface area contributed by atoms with Crippen LogP contribution in [-0.2, 0) is 26.6 Å². The SMILES string of the molecule is CNCc1cc(-c2ccccc2F)n(S(=O)(=O)c2cccc(NS(=O)(=O)C(F)(F)F)c2)c1. The molecule has 7 nitrogen and oxygen atoms in total. The summed E-state index contributed by atoms with van der Waals surface area (Å²) >= 11 is 0. The summed E-state index contributed by atoms with van der Waals surface area (Å²) in [7, 11) is -8.56. The van der Waals surface area contributed by atoms with E-state index in [1.165, 1.54) is 35.2 Å². The van der Waals surface area contributed by atoms with Gasteiger partial charge in [0.25, 0.3) is 10.0 Å². The van der Waals surface area contributed by atoms with Crippen molar-refractivity contribution in [3.8, 4) is 11.3 Å². The highest BCUT2D eigenvalue weighted by Crippen LogP contribution is 2.31. The molecule has 1 aromatic heterocycles. The molecule has 0 spiro atoms. The Morgan fingerprint density at radius 1 is 0.969 bits per heavy atom. The van der Waals surface area contributed by atoms with Crippen LogP contribution in [0.15, 0.2) is 65.7 Å². The molecule has 172 valence electrons. The molecule has 0 fully saturated rings. The first-order valence-electron chi connectivity index (χ1n) is 8.92. The van der Waals surface area contributed by atoms with Crippen molar-refractivity contribution in [2.45, 2.75) is 16.9 Å². The van der Waals surface area contributed by atoms with E-state index in [1.54, 1.807) is 7.05 Å². The molecule has 0 bridgehead atoms. The largest absolute Gasteiger partial charge is 0.516 e. The lowest BCUT2D eigenvalue weighted by Gasteiger charge is -2.14. The number of anilines is 1. The zero-order chi connectivity index (χ0) is 23.7. The first-order valence-corrected chi connectivity index (χ1v) is 11.8. The van der Waals surface area contributed by atoms with Crippen molar-refractivity contribution in [1.82, 2.24) is 9.29 Å². The zero-order valence-electron chi connectivity index (χ0n) is 16.4. The Morgan fingerprint density at radius 2 is 1.66 bits per heavy atom. The van der Waals surface area contributed by atoms with Gasteiger partial charge in [0, 0.05) is 18.3 Å². The molecule has 3 rings (SSSR count). The maximum absolute atomic E-state index is 14.4. The van der Waals surface area contributed by atoms with E-state index in [1.807, 2.05) is 0 Å². The summed E-state index contributed by atoms with van der Waals surface area (Å²) in [6, 6.07) is 10.9. The third kappa shape index (κ3) is 4.64. The third-order valence-electron chi connectivity index (χ3n) is 4.32. The molecule has 1 heterocycles. The van der Waals surface area contributed by atoms with Crippen LogP contribution in [0, 0.1) is 5.82 Å². The van der Waals surface area contributed by atoms with Crippen molar-refractivity contribution >= 4 is 25.7 Å². The first-order chi connectivity index (χ1) is 14.9. The van der Waals surface area contributed by atoms with E-state index in [0.717, 1.165) is 34.3 Å². The molecule has 3 aromatic rings. The van der Waals surface area contributed by atoms with Crippen LogP contribution in [0.1, 0.15) is 5.56 Å². The fraction of sp³-hybridized carbons (Fsp3) is 0.158. The van der Waals surface area contributed by atoms with E-state index < -0.39 is 42.0 Å². The smallest absolute Gasteiger partial charge is 0.316 e. The molecule has 0 amide bonds. The second-order valence-electron chi connectivity index (χ2n) is 6.62. The number of hydrogen-bond donors (Lipinski definition) is 2. The number of alkyl halides is 3. The molecule has 0 unspecified atom stereocenters. The Balaban J connectivity index is 2.12. The molecule has 0 aliphatic rings. The number of nitrogens with one attached hydrogen (secondary N) is 2. The lowest BCUT2D eigenvalue weighted by atomic mass is 10.1. The fourth-order valence-corrected chi connectivity index (χ4v) is 4.90. The van der Waals surface area contributed by atoms with Crippen LogP contribution in [0.2, 0.25) is 0 Å². The van der Waals surface area contributed by atoms with Gasteiger partial charge in [-0.1, -0.05) is 18.2 Å². The number of aromatic nitrogens is 1. The minimum absolute atomic E-state index is 0.00498. The highest BCUT2D eigenvalue weighted by molar-refractivity contribution is 7.93. The summed E-state index contributed by atoms with van der Waals surface area (Å²) in [5, 5.41) is 2.85. The number of sulfonamides is 1. The standard InChI is InChI=1S/C19H17F4N3O4S2/c1-24-11-13-9-18(16-7-2-3-8-17(16)20)26(12-13)31(27,28)15-6-4-5-14(10-15)25-32(29,30)19(21,22)23/h2-10,12,24-25H,11H2,1H3. The first kappa shape index (κ1) is 23.8. The lowest BCUT2D eigenvalue weighted by molar-refractivity contribution is -0.0429. The van der Waals surface area contributed by atoms with Crippen LogP contribution in [0.5, 0.6) is 0 Å². The Hall–Kier alpha value is -2.90. The molecule has 0 atom stereocenters. The second kappa shape index (κ2) is 8.56. The van der Waals surface area contributed by atoms with Gasteiger partial charge >= 0.3 is 15.5 Å². The van der Waals surface area contributed by atoms with Crippen molar-refractivity contribution in [3.63, 3.8) is 0 Å². The van der Waals surface area contributed by atoms with Crippen LogP contribution < -0.4 is 10.0 Å². The van der Waals surface area contributed by atoms with E-state index in [0.29, 0.717) is 5.56 Å². The normalized spacial score (nSPS) is 12.7. The quantitative estimate of drug-likeness (QED) is 0.493. The molecule has 2 aromatic carbocycles. The van der Waals surface area contributed by atoms with Gasteiger partial charge in [-0.3, -0.25) is 4.72 Å². The molecule has 0 aliphatic carbocycles. The highest BCUT2D eigenvalue weighted by Gasteiger charge is 2.46. The molecule has 0 saturated carbocycles. The monoisotopic (exact) mass is 491 g/mol. The Kier molecular flexibility index (Phi) is 6.36. The highest BCUT2D eigenvalue weighted by atomic mass is 32.2. The van der Waals surface area contributed by atoms with Crippen molar-refractivity contribution in [1.29, 1.82) is 0 Å². The fourth-order valence-electron chi connectivity index (χ4n) is 2.91. The van der Waals surface area contributed by atoms with E-state index in [9.17, 15) is 34.4 Å². The molecular weight excluding hydrogens is 474 g/mol. The van der Waals surface area contributed by atoms with Gasteiger partial charge in [0.2, 0.25) is 0 Å². The number of benzene rings is 2. The van der Waals surface area contributed by atoms with Crippen molar-refractivity contribution in [3.05, 3.63) is 72.2 Å². The van der Waals surface area contributed by atoms with Crippen LogP contribution in [0.4, 0.5) is 23.2 Å². The van der Waals surface area contributed by atoms with Gasteiger partial charge in [-0.05, 0) is 49.0 Å². The van der Waals surface area contributed by atoms with Crippen LogP contribution >= 0.6 is 0 Å². The van der Waals surface area contributed by atoms with Gasteiger partial charge in [-0.2, -0.15) is 21.6 Å². The van der Waals surface area contributed by atoms with Gasteiger partial charge in [0.15, 0.2) is 0 Å². The molecule has 0 saturated heterocycles. The second-order valence-corrected chi connectivity index (χ2v) is 10.1. The molecule has 2 N–H and O–H groups in total. The topological polar surface area (TPSA) is 97.3 Å². The predicted molar refractivity (Wildman–Crippen MR) is 110 cm³/mol. The van der Waals surface area contributed by atoms with Gasteiger partial charge in [-0.25, -0.2) is 16.8 Å². The van der Waals surface area contributed by atoms with Crippen LogP contribution in [0.3, 0.4) is 0 Å². The van der Waals surface area contributed by atoms with E-state index in [-0.39, 0.29) is 17.8 Å². The lowest BCUT2D eigenvalue weighted by Crippen LogP contribution is -2.30. The van der Waals surface area contributed by atoms with Gasteiger partial charge in [-0.15, -0.1) is 0 Å². The number of halogens is 4. The van der Waals surface area contributed by atoms with E-state index in [4.69, 9.17) is 0 Å². The number of hydrogen-bond acceptors (Lipinski definition) is 5. The summed E-state index contributed by atoms with van der Waals surface area (Å²) in [5.41, 5.74) is -5.69. The van der Waals surface area contributed by atoms with Crippen molar-refractivity contribution in [2.75, 3.05) is 11.8 Å². The molecule has 0 radical (unpaired) electrons. The minimum Gasteiger partial charge on any atom is -0.316 e. The van der Waals surface area contributed by atoms with Crippen molar-refractivity contribution in [2.24, 2.45) is 0 Å². The Morgan fingerprint density at radius 3 is 2.28 bits per heavy atom. The van der Waals surface area contributed by atoms with E-state index in [2.05, 4.69) is 5.32 Å². The zero-order valence-corrected chi connectivity index (χ0v) is 18.0. The van der Waals surface area contributed by atoms with Gasteiger partial charge < -0.3 is 5.32 Å². The average Bonchev–Trinajstić information content (AvgIpc) is 3.12. The van der Waals surface area contributed by atoms with Gasteiger partial charge in [0.05, 0.1) is 16.3 Å². The maximum Gasteiger partial charge on any atom is 0.516 e. The maximum atomic E-state index is 14.4. The van der Waals surface area contributed by atoms with Crippen LogP contribution in [-0.4, -0.2) is 33.4 Å². The molecule has 0 aliphatic heterocycles. The third-order valence-corrected chi connectivity index (χ3v) is 7.10. The van der Waals surface area contributed by atoms with Crippen LogP contribution in [0.25, 0.3) is 11.3 Å². The van der Waals surface area contributed by atoms with Gasteiger partial charge in [0.1, 0.15) is 5.82 Å². The molecule has 13 heteroatoms. The van der Waals surface area contributed by atoms with E-state index >= 15 is 0 Å². The number of rotatable bonds is 7. The minimum atomic E-state index is -5.75. The summed E-state index contributed by atoms with van der Waals surface area (Å²) in [6.45, 7) is 0.259. The predicted octanol–water partition coefficient (Wildman–Crippen LogP) is 3.51. The summed E-state index contributed by atoms with van der Waals surface area (Å²) in [6.07, 6.45) is 1.25. The molecular formula is C19H17F4N3O4S2. The number of nitrogens with zero attached hydrogens (tertiary/aromatic N) is 1. The summed E-state index contributed by atoms with van der Waals surface area (Å²) < 4.78 is 104. The molecule has 32 heavy (non-hydrogen) atoms.